The van der Waals surface area contributed by atoms with Gasteiger partial charge in [-0.2, -0.15) is 0 Å². The van der Waals surface area contributed by atoms with E-state index in [1.54, 1.807) is 0 Å². The molecule has 2 heterocycles. The molecule has 1 N–H and O–H groups in total. The molecule has 18 heavy (non-hydrogen) atoms. The Kier molecular flexibility index (Phi) is 2.99. The van der Waals surface area contributed by atoms with E-state index in [0.29, 0.717) is 6.04 Å². The van der Waals surface area contributed by atoms with Crippen LogP contribution in [0.4, 0.5) is 0 Å². The number of nitrogens with one attached hydrogen (secondary N) is 1. The SMILES string of the molecule is CCCN1CCn2c(=S)[nH]c3cccc(c32)C1C. The lowest BCUT2D eigenvalue weighted by molar-refractivity contribution is 0.210. The maximum absolute atomic E-state index is 5.44. The summed E-state index contributed by atoms with van der Waals surface area (Å²) in [7, 11) is 0. The number of aromatic amines is 1. The fraction of sp³-hybridized carbons (Fsp3) is 0.500. The van der Waals surface area contributed by atoms with Crippen LogP contribution in [0.3, 0.4) is 0 Å². The molecule has 4 heteroatoms. The lowest BCUT2D eigenvalue weighted by atomic mass is 10.1. The standard InChI is InChI=1S/C14H19N3S/c1-3-7-16-8-9-17-13-11(10(16)2)5-4-6-12(13)15-14(17)18/h4-6,10H,3,7-9H2,1-2H3,(H,15,18). The highest BCUT2D eigenvalue weighted by atomic mass is 32.1. The Morgan fingerprint density at radius 1 is 1.39 bits per heavy atom. The van der Waals surface area contributed by atoms with Crippen LogP contribution in [0.5, 0.6) is 0 Å². The van der Waals surface area contributed by atoms with Gasteiger partial charge in [-0.15, -0.1) is 0 Å². The molecule has 0 bridgehead atoms. The van der Waals surface area contributed by atoms with Crippen LogP contribution in [0.2, 0.25) is 0 Å². The van der Waals surface area contributed by atoms with Crippen molar-refractivity contribution in [2.24, 2.45) is 0 Å². The topological polar surface area (TPSA) is 24.0 Å². The molecule has 96 valence electrons. The molecule has 0 saturated heterocycles. The van der Waals surface area contributed by atoms with Crippen LogP contribution < -0.4 is 0 Å². The molecule has 1 aromatic heterocycles. The fourth-order valence-electron chi connectivity index (χ4n) is 3.01. The van der Waals surface area contributed by atoms with Crippen molar-refractivity contribution >= 4 is 23.3 Å². The summed E-state index contributed by atoms with van der Waals surface area (Å²) in [6.45, 7) is 7.75. The maximum Gasteiger partial charge on any atom is 0.178 e. The van der Waals surface area contributed by atoms with Crippen molar-refractivity contribution in [3.63, 3.8) is 0 Å². The largest absolute Gasteiger partial charge is 0.331 e. The number of aromatic nitrogens is 2. The number of hydrogen-bond acceptors (Lipinski definition) is 2. The molecule has 3 rings (SSSR count). The molecule has 0 fully saturated rings. The lowest BCUT2D eigenvalue weighted by Gasteiger charge is -2.26. The summed E-state index contributed by atoms with van der Waals surface area (Å²) in [6.07, 6.45) is 1.20. The molecule has 1 aliphatic rings. The molecule has 0 aliphatic carbocycles. The second kappa shape index (κ2) is 4.52. The monoisotopic (exact) mass is 261 g/mol. The van der Waals surface area contributed by atoms with Gasteiger partial charge in [0.25, 0.3) is 0 Å². The predicted octanol–water partition coefficient (Wildman–Crippen LogP) is 3.49. The Morgan fingerprint density at radius 3 is 3.00 bits per heavy atom. The molecule has 1 aromatic carbocycles. The van der Waals surface area contributed by atoms with E-state index < -0.39 is 0 Å². The van der Waals surface area contributed by atoms with Gasteiger partial charge in [-0.3, -0.25) is 4.90 Å². The Balaban J connectivity index is 2.21. The first kappa shape index (κ1) is 11.9. The van der Waals surface area contributed by atoms with E-state index in [4.69, 9.17) is 12.2 Å². The van der Waals surface area contributed by atoms with Crippen LogP contribution in [0, 0.1) is 4.77 Å². The Morgan fingerprint density at radius 2 is 2.22 bits per heavy atom. The van der Waals surface area contributed by atoms with Crippen LogP contribution in [0.1, 0.15) is 31.9 Å². The minimum atomic E-state index is 0.465. The van der Waals surface area contributed by atoms with E-state index in [1.165, 1.54) is 23.0 Å². The summed E-state index contributed by atoms with van der Waals surface area (Å²) in [5.74, 6) is 0. The van der Waals surface area contributed by atoms with Crippen molar-refractivity contribution in [1.29, 1.82) is 0 Å². The number of H-pyrrole nitrogens is 1. The summed E-state index contributed by atoms with van der Waals surface area (Å²) in [5.41, 5.74) is 3.86. The summed E-state index contributed by atoms with van der Waals surface area (Å²) in [6, 6.07) is 6.94. The molecular weight excluding hydrogens is 242 g/mol. The molecule has 1 aliphatic heterocycles. The molecule has 0 saturated carbocycles. The minimum Gasteiger partial charge on any atom is -0.331 e. The van der Waals surface area contributed by atoms with Crippen molar-refractivity contribution < 1.29 is 0 Å². The number of rotatable bonds is 2. The van der Waals surface area contributed by atoms with Crippen molar-refractivity contribution in [3.8, 4) is 0 Å². The highest BCUT2D eigenvalue weighted by molar-refractivity contribution is 7.71. The van der Waals surface area contributed by atoms with Gasteiger partial charge < -0.3 is 9.55 Å². The van der Waals surface area contributed by atoms with Gasteiger partial charge in [0.1, 0.15) is 0 Å². The molecular formula is C14H19N3S. The quantitative estimate of drug-likeness (QED) is 0.837. The van der Waals surface area contributed by atoms with E-state index >= 15 is 0 Å². The Labute approximate surface area is 112 Å². The molecule has 1 atom stereocenters. The van der Waals surface area contributed by atoms with Gasteiger partial charge in [0.2, 0.25) is 0 Å². The minimum absolute atomic E-state index is 0.465. The van der Waals surface area contributed by atoms with Gasteiger partial charge in [0.15, 0.2) is 4.77 Å². The second-order valence-electron chi connectivity index (χ2n) is 5.04. The maximum atomic E-state index is 5.44. The average Bonchev–Trinajstić information content (AvgIpc) is 2.61. The number of nitrogens with zero attached hydrogens (tertiary/aromatic N) is 2. The van der Waals surface area contributed by atoms with Gasteiger partial charge in [-0.1, -0.05) is 19.1 Å². The van der Waals surface area contributed by atoms with Crippen molar-refractivity contribution in [2.75, 3.05) is 13.1 Å². The third-order valence-electron chi connectivity index (χ3n) is 3.94. The summed E-state index contributed by atoms with van der Waals surface area (Å²) >= 11 is 5.44. The first-order chi connectivity index (χ1) is 8.72. The van der Waals surface area contributed by atoms with Gasteiger partial charge in [0, 0.05) is 19.1 Å². The number of benzene rings is 1. The van der Waals surface area contributed by atoms with E-state index in [1.807, 2.05) is 0 Å². The molecule has 2 aromatic rings. The average molecular weight is 261 g/mol. The van der Waals surface area contributed by atoms with Gasteiger partial charge in [0.05, 0.1) is 11.0 Å². The van der Waals surface area contributed by atoms with Crippen molar-refractivity contribution in [2.45, 2.75) is 32.9 Å². The third-order valence-corrected chi connectivity index (χ3v) is 4.27. The van der Waals surface area contributed by atoms with Crippen LogP contribution in [-0.4, -0.2) is 27.5 Å². The first-order valence-corrected chi connectivity index (χ1v) is 7.08. The number of imidazole rings is 1. The van der Waals surface area contributed by atoms with Gasteiger partial charge >= 0.3 is 0 Å². The van der Waals surface area contributed by atoms with E-state index in [9.17, 15) is 0 Å². The molecule has 0 amide bonds. The highest BCUT2D eigenvalue weighted by Crippen LogP contribution is 2.30. The molecule has 0 radical (unpaired) electrons. The Hall–Kier alpha value is -1.13. The number of para-hydroxylation sites is 1. The Bertz CT molecular complexity index is 625. The highest BCUT2D eigenvalue weighted by Gasteiger charge is 2.23. The normalized spacial score (nSPS) is 20.2. The zero-order valence-corrected chi connectivity index (χ0v) is 11.8. The van der Waals surface area contributed by atoms with Crippen molar-refractivity contribution in [1.82, 2.24) is 14.5 Å². The molecule has 0 spiro atoms. The zero-order chi connectivity index (χ0) is 12.7. The van der Waals surface area contributed by atoms with E-state index in [2.05, 4.69) is 46.5 Å². The zero-order valence-electron chi connectivity index (χ0n) is 10.9. The lowest BCUT2D eigenvalue weighted by Crippen LogP contribution is -2.29. The predicted molar refractivity (Wildman–Crippen MR) is 77.4 cm³/mol. The third kappa shape index (κ3) is 1.71. The van der Waals surface area contributed by atoms with Crippen LogP contribution in [0.25, 0.3) is 11.0 Å². The molecule has 1 unspecified atom stereocenters. The summed E-state index contributed by atoms with van der Waals surface area (Å²) in [5, 5.41) is 0. The van der Waals surface area contributed by atoms with Crippen LogP contribution in [0.15, 0.2) is 18.2 Å². The fourth-order valence-corrected chi connectivity index (χ4v) is 3.30. The van der Waals surface area contributed by atoms with Crippen LogP contribution in [-0.2, 0) is 6.54 Å². The summed E-state index contributed by atoms with van der Waals surface area (Å²) in [4.78, 5) is 5.87. The van der Waals surface area contributed by atoms with E-state index in [0.717, 1.165) is 24.4 Å². The molecule has 3 nitrogen and oxygen atoms in total. The van der Waals surface area contributed by atoms with Crippen molar-refractivity contribution in [3.05, 3.63) is 28.5 Å². The van der Waals surface area contributed by atoms with Gasteiger partial charge in [-0.05, 0) is 43.7 Å². The first-order valence-electron chi connectivity index (χ1n) is 6.68. The second-order valence-corrected chi connectivity index (χ2v) is 5.42. The van der Waals surface area contributed by atoms with Gasteiger partial charge in [-0.25, -0.2) is 0 Å². The number of hydrogen-bond donors (Lipinski definition) is 1. The van der Waals surface area contributed by atoms with Crippen LogP contribution >= 0.6 is 12.2 Å². The summed E-state index contributed by atoms with van der Waals surface area (Å²) < 4.78 is 3.11. The smallest absolute Gasteiger partial charge is 0.178 e. The van der Waals surface area contributed by atoms with E-state index in [-0.39, 0.29) is 0 Å².